The molecule has 0 unspecified atom stereocenters. The summed E-state index contributed by atoms with van der Waals surface area (Å²) in [5, 5.41) is 10.3. The summed E-state index contributed by atoms with van der Waals surface area (Å²) in [6.07, 6.45) is 3.94. The number of benzene rings is 1. The first-order valence-corrected chi connectivity index (χ1v) is 9.00. The van der Waals surface area contributed by atoms with Gasteiger partial charge in [-0.2, -0.15) is 0 Å². The van der Waals surface area contributed by atoms with Gasteiger partial charge < -0.3 is 15.4 Å². The highest BCUT2D eigenvalue weighted by Gasteiger charge is 2.34. The lowest BCUT2D eigenvalue weighted by Crippen LogP contribution is -2.37. The Labute approximate surface area is 150 Å². The molecule has 1 aromatic carbocycles. The SMILES string of the molecule is CCn1c(-c2cccc(F)c2)nc2c(N)nc(CCC3(O)CCC3)nc21. The summed E-state index contributed by atoms with van der Waals surface area (Å²) in [5.41, 5.74) is 7.39. The molecule has 3 aromatic rings. The van der Waals surface area contributed by atoms with Gasteiger partial charge in [0.15, 0.2) is 17.0 Å². The first-order chi connectivity index (χ1) is 12.5. The van der Waals surface area contributed by atoms with Crippen molar-refractivity contribution in [2.24, 2.45) is 0 Å². The van der Waals surface area contributed by atoms with Crippen LogP contribution in [0, 0.1) is 5.82 Å². The Kier molecular flexibility index (Phi) is 4.11. The molecule has 0 bridgehead atoms. The highest BCUT2D eigenvalue weighted by atomic mass is 19.1. The number of fused-ring (bicyclic) bond motifs is 1. The molecule has 3 N–H and O–H groups in total. The van der Waals surface area contributed by atoms with Crippen LogP contribution >= 0.6 is 0 Å². The van der Waals surface area contributed by atoms with Crippen LogP contribution in [-0.4, -0.2) is 30.2 Å². The number of hydrogen-bond acceptors (Lipinski definition) is 5. The van der Waals surface area contributed by atoms with Crippen molar-refractivity contribution in [1.29, 1.82) is 0 Å². The Hall–Kier alpha value is -2.54. The number of nitrogen functional groups attached to an aromatic ring is 1. The van der Waals surface area contributed by atoms with E-state index in [4.69, 9.17) is 5.73 Å². The molecule has 0 spiro atoms. The van der Waals surface area contributed by atoms with E-state index in [1.54, 1.807) is 6.07 Å². The topological polar surface area (TPSA) is 89.9 Å². The highest BCUT2D eigenvalue weighted by molar-refractivity contribution is 5.85. The van der Waals surface area contributed by atoms with Crippen molar-refractivity contribution < 1.29 is 9.50 Å². The number of rotatable bonds is 5. The van der Waals surface area contributed by atoms with E-state index in [1.165, 1.54) is 12.1 Å². The van der Waals surface area contributed by atoms with Gasteiger partial charge in [0.05, 0.1) is 5.60 Å². The Morgan fingerprint density at radius 1 is 1.27 bits per heavy atom. The zero-order valence-electron chi connectivity index (χ0n) is 14.7. The second kappa shape index (κ2) is 6.32. The van der Waals surface area contributed by atoms with Gasteiger partial charge in [-0.05, 0) is 44.7 Å². The van der Waals surface area contributed by atoms with E-state index in [0.717, 1.165) is 19.3 Å². The third kappa shape index (κ3) is 2.92. The van der Waals surface area contributed by atoms with Crippen LogP contribution in [0.15, 0.2) is 24.3 Å². The minimum atomic E-state index is -0.579. The predicted octanol–water partition coefficient (Wildman–Crippen LogP) is 3.08. The molecule has 1 aliphatic rings. The van der Waals surface area contributed by atoms with Crippen molar-refractivity contribution in [3.8, 4) is 11.4 Å². The molecule has 0 atom stereocenters. The van der Waals surface area contributed by atoms with Crippen molar-refractivity contribution in [3.05, 3.63) is 35.9 Å². The van der Waals surface area contributed by atoms with Gasteiger partial charge in [-0.25, -0.2) is 19.3 Å². The van der Waals surface area contributed by atoms with Crippen LogP contribution in [0.5, 0.6) is 0 Å². The summed E-state index contributed by atoms with van der Waals surface area (Å²) in [5.74, 6) is 1.23. The van der Waals surface area contributed by atoms with Crippen LogP contribution in [0.2, 0.25) is 0 Å². The van der Waals surface area contributed by atoms with E-state index in [-0.39, 0.29) is 5.82 Å². The third-order valence-electron chi connectivity index (χ3n) is 5.17. The number of nitrogens with zero attached hydrogens (tertiary/aromatic N) is 4. The molecular formula is C19H22FN5O. The Morgan fingerprint density at radius 3 is 2.73 bits per heavy atom. The van der Waals surface area contributed by atoms with Gasteiger partial charge in [0.25, 0.3) is 0 Å². The summed E-state index contributed by atoms with van der Waals surface area (Å²) < 4.78 is 15.5. The number of aryl methyl sites for hydroxylation is 2. The standard InChI is InChI=1S/C19H22FN5O/c1-2-25-17(12-5-3-6-13(20)11-12)24-15-16(21)22-14(23-18(15)25)7-10-19(26)8-4-9-19/h3,5-6,11,26H,2,4,7-10H2,1H3,(H2,21,22,23). The molecule has 1 fully saturated rings. The smallest absolute Gasteiger partial charge is 0.166 e. The number of halogens is 1. The van der Waals surface area contributed by atoms with E-state index >= 15 is 0 Å². The second-order valence-corrected chi connectivity index (χ2v) is 6.97. The van der Waals surface area contributed by atoms with E-state index in [2.05, 4.69) is 15.0 Å². The van der Waals surface area contributed by atoms with Gasteiger partial charge in [-0.15, -0.1) is 0 Å². The molecule has 26 heavy (non-hydrogen) atoms. The first-order valence-electron chi connectivity index (χ1n) is 9.00. The molecular weight excluding hydrogens is 333 g/mol. The van der Waals surface area contributed by atoms with Crippen LogP contribution < -0.4 is 5.73 Å². The van der Waals surface area contributed by atoms with Gasteiger partial charge in [0, 0.05) is 18.5 Å². The fraction of sp³-hybridized carbons (Fsp3) is 0.421. The van der Waals surface area contributed by atoms with E-state index in [1.807, 2.05) is 17.6 Å². The maximum Gasteiger partial charge on any atom is 0.166 e. The van der Waals surface area contributed by atoms with E-state index in [9.17, 15) is 9.50 Å². The zero-order valence-corrected chi connectivity index (χ0v) is 14.7. The minimum absolute atomic E-state index is 0.314. The van der Waals surface area contributed by atoms with Gasteiger partial charge in [0.1, 0.15) is 17.5 Å². The molecule has 6 nitrogen and oxygen atoms in total. The summed E-state index contributed by atoms with van der Waals surface area (Å²) in [6, 6.07) is 6.32. The summed E-state index contributed by atoms with van der Waals surface area (Å²) in [7, 11) is 0. The third-order valence-corrected chi connectivity index (χ3v) is 5.17. The molecule has 2 heterocycles. The molecule has 0 saturated heterocycles. The van der Waals surface area contributed by atoms with E-state index < -0.39 is 5.60 Å². The summed E-state index contributed by atoms with van der Waals surface area (Å²) in [6.45, 7) is 2.61. The van der Waals surface area contributed by atoms with E-state index in [0.29, 0.717) is 53.6 Å². The van der Waals surface area contributed by atoms with Crippen molar-refractivity contribution in [3.63, 3.8) is 0 Å². The number of aromatic nitrogens is 4. The average Bonchev–Trinajstić information content (AvgIpc) is 2.97. The Morgan fingerprint density at radius 2 is 2.08 bits per heavy atom. The molecule has 4 rings (SSSR count). The molecule has 2 aromatic heterocycles. The number of anilines is 1. The fourth-order valence-corrected chi connectivity index (χ4v) is 3.51. The fourth-order valence-electron chi connectivity index (χ4n) is 3.51. The van der Waals surface area contributed by atoms with Crippen molar-refractivity contribution in [2.75, 3.05) is 5.73 Å². The minimum Gasteiger partial charge on any atom is -0.390 e. The molecule has 1 aliphatic carbocycles. The second-order valence-electron chi connectivity index (χ2n) is 6.97. The Balaban J connectivity index is 1.75. The molecule has 0 aliphatic heterocycles. The summed E-state index contributed by atoms with van der Waals surface area (Å²) in [4.78, 5) is 13.6. The quantitative estimate of drug-likeness (QED) is 0.734. The predicted molar refractivity (Wildman–Crippen MR) is 97.9 cm³/mol. The van der Waals surface area contributed by atoms with Crippen LogP contribution in [0.1, 0.15) is 38.4 Å². The van der Waals surface area contributed by atoms with Crippen LogP contribution in [0.4, 0.5) is 10.2 Å². The number of hydrogen-bond donors (Lipinski definition) is 2. The van der Waals surface area contributed by atoms with Gasteiger partial charge >= 0.3 is 0 Å². The van der Waals surface area contributed by atoms with Crippen molar-refractivity contribution >= 4 is 17.0 Å². The lowest BCUT2D eigenvalue weighted by molar-refractivity contribution is -0.0401. The normalized spacial score (nSPS) is 16.0. The van der Waals surface area contributed by atoms with Crippen molar-refractivity contribution in [2.45, 2.75) is 51.2 Å². The molecule has 1 saturated carbocycles. The van der Waals surface area contributed by atoms with Gasteiger partial charge in [-0.1, -0.05) is 12.1 Å². The maximum atomic E-state index is 13.6. The maximum absolute atomic E-state index is 13.6. The number of aliphatic hydroxyl groups is 1. The van der Waals surface area contributed by atoms with Crippen LogP contribution in [-0.2, 0) is 13.0 Å². The molecule has 136 valence electrons. The highest BCUT2D eigenvalue weighted by Crippen LogP contribution is 2.35. The average molecular weight is 355 g/mol. The lowest BCUT2D eigenvalue weighted by Gasteiger charge is -2.36. The zero-order chi connectivity index (χ0) is 18.3. The monoisotopic (exact) mass is 355 g/mol. The first kappa shape index (κ1) is 16.9. The lowest BCUT2D eigenvalue weighted by atomic mass is 9.77. The van der Waals surface area contributed by atoms with Crippen molar-refractivity contribution in [1.82, 2.24) is 19.5 Å². The van der Waals surface area contributed by atoms with Gasteiger partial charge in [-0.3, -0.25) is 0 Å². The molecule has 0 amide bonds. The van der Waals surface area contributed by atoms with Crippen LogP contribution in [0.25, 0.3) is 22.6 Å². The van der Waals surface area contributed by atoms with Gasteiger partial charge in [0.2, 0.25) is 0 Å². The van der Waals surface area contributed by atoms with Crippen LogP contribution in [0.3, 0.4) is 0 Å². The number of nitrogens with two attached hydrogens (primary N) is 1. The summed E-state index contributed by atoms with van der Waals surface area (Å²) >= 11 is 0. The molecule has 0 radical (unpaired) electrons. The number of imidazole rings is 1. The largest absolute Gasteiger partial charge is 0.390 e. The Bertz CT molecular complexity index is 964. The molecule has 7 heteroatoms.